The lowest BCUT2D eigenvalue weighted by Gasteiger charge is -2.16. The van der Waals surface area contributed by atoms with Crippen molar-refractivity contribution in [2.24, 2.45) is 0 Å². The zero-order chi connectivity index (χ0) is 14.4. The first kappa shape index (κ1) is 15.0. The standard InChI is InChI=1S/C14H25N5O/c1-4-20-10-14-17-12(15-2)9-13(18-14)16-7-8-19(3)11-5-6-11/h9,11H,4-8,10H2,1-3H3,(H2,15,16,17,18). The topological polar surface area (TPSA) is 62.3 Å². The third-order valence-corrected chi connectivity index (χ3v) is 3.40. The van der Waals surface area contributed by atoms with Gasteiger partial charge >= 0.3 is 0 Å². The minimum Gasteiger partial charge on any atom is -0.374 e. The first-order valence-electron chi connectivity index (χ1n) is 7.30. The van der Waals surface area contributed by atoms with Crippen molar-refractivity contribution in [3.05, 3.63) is 11.9 Å². The van der Waals surface area contributed by atoms with Gasteiger partial charge in [0.25, 0.3) is 0 Å². The minimum atomic E-state index is 0.447. The number of nitrogens with zero attached hydrogens (tertiary/aromatic N) is 3. The van der Waals surface area contributed by atoms with Gasteiger partial charge in [0.05, 0.1) is 0 Å². The molecular formula is C14H25N5O. The molecule has 0 aliphatic heterocycles. The van der Waals surface area contributed by atoms with Crippen LogP contribution in [-0.4, -0.2) is 54.7 Å². The quantitative estimate of drug-likeness (QED) is 0.715. The van der Waals surface area contributed by atoms with Gasteiger partial charge in [-0.25, -0.2) is 9.97 Å². The van der Waals surface area contributed by atoms with Gasteiger partial charge in [0.15, 0.2) is 5.82 Å². The number of nitrogens with one attached hydrogen (secondary N) is 2. The molecule has 112 valence electrons. The monoisotopic (exact) mass is 279 g/mol. The SMILES string of the molecule is CCOCc1nc(NC)cc(NCCN(C)C2CC2)n1. The molecule has 0 atom stereocenters. The summed E-state index contributed by atoms with van der Waals surface area (Å²) < 4.78 is 5.37. The molecule has 0 radical (unpaired) electrons. The van der Waals surface area contributed by atoms with Crippen LogP contribution >= 0.6 is 0 Å². The number of aromatic nitrogens is 2. The Hall–Kier alpha value is -1.40. The summed E-state index contributed by atoms with van der Waals surface area (Å²) in [7, 11) is 4.04. The van der Waals surface area contributed by atoms with E-state index in [1.54, 1.807) is 0 Å². The van der Waals surface area contributed by atoms with Gasteiger partial charge in [0.1, 0.15) is 18.2 Å². The first-order chi connectivity index (χ1) is 9.72. The highest BCUT2D eigenvalue weighted by atomic mass is 16.5. The Morgan fingerprint density at radius 1 is 1.35 bits per heavy atom. The van der Waals surface area contributed by atoms with Crippen molar-refractivity contribution in [2.45, 2.75) is 32.4 Å². The second-order valence-electron chi connectivity index (χ2n) is 5.08. The fourth-order valence-corrected chi connectivity index (χ4v) is 2.03. The number of anilines is 2. The molecule has 6 nitrogen and oxygen atoms in total. The van der Waals surface area contributed by atoms with E-state index in [0.29, 0.717) is 19.0 Å². The molecule has 20 heavy (non-hydrogen) atoms. The maximum atomic E-state index is 5.37. The van der Waals surface area contributed by atoms with Crippen molar-refractivity contribution in [3.8, 4) is 0 Å². The molecule has 2 rings (SSSR count). The van der Waals surface area contributed by atoms with E-state index in [2.05, 4.69) is 32.5 Å². The zero-order valence-corrected chi connectivity index (χ0v) is 12.6. The minimum absolute atomic E-state index is 0.447. The summed E-state index contributed by atoms with van der Waals surface area (Å²) in [6.45, 7) is 5.01. The summed E-state index contributed by atoms with van der Waals surface area (Å²) >= 11 is 0. The highest BCUT2D eigenvalue weighted by Gasteiger charge is 2.25. The van der Waals surface area contributed by atoms with E-state index < -0.39 is 0 Å². The van der Waals surface area contributed by atoms with Gasteiger partial charge in [-0.2, -0.15) is 0 Å². The molecule has 0 bridgehead atoms. The Kier molecular flexibility index (Phi) is 5.55. The lowest BCUT2D eigenvalue weighted by molar-refractivity contribution is 0.128. The van der Waals surface area contributed by atoms with Crippen LogP contribution in [0.4, 0.5) is 11.6 Å². The van der Waals surface area contributed by atoms with Crippen LogP contribution in [0.2, 0.25) is 0 Å². The molecular weight excluding hydrogens is 254 g/mol. The number of ether oxygens (including phenoxy) is 1. The molecule has 0 unspecified atom stereocenters. The molecule has 1 heterocycles. The van der Waals surface area contributed by atoms with Crippen LogP contribution < -0.4 is 10.6 Å². The van der Waals surface area contributed by atoms with Crippen LogP contribution in [0.15, 0.2) is 6.07 Å². The largest absolute Gasteiger partial charge is 0.374 e. The van der Waals surface area contributed by atoms with Gasteiger partial charge in [-0.1, -0.05) is 0 Å². The van der Waals surface area contributed by atoms with Crippen molar-refractivity contribution in [2.75, 3.05) is 44.4 Å². The predicted molar refractivity (Wildman–Crippen MR) is 81.1 cm³/mol. The van der Waals surface area contributed by atoms with Crippen LogP contribution in [0.5, 0.6) is 0 Å². The maximum absolute atomic E-state index is 5.37. The summed E-state index contributed by atoms with van der Waals surface area (Å²) in [4.78, 5) is 11.2. The number of hydrogen-bond donors (Lipinski definition) is 2. The average Bonchev–Trinajstić information content (AvgIpc) is 3.29. The number of hydrogen-bond acceptors (Lipinski definition) is 6. The van der Waals surface area contributed by atoms with Crippen LogP contribution in [-0.2, 0) is 11.3 Å². The molecule has 1 fully saturated rings. The molecule has 0 spiro atoms. The van der Waals surface area contributed by atoms with Gasteiger partial charge in [-0.15, -0.1) is 0 Å². The van der Waals surface area contributed by atoms with Crippen molar-refractivity contribution in [1.29, 1.82) is 0 Å². The molecule has 6 heteroatoms. The normalized spacial score (nSPS) is 14.6. The van der Waals surface area contributed by atoms with Crippen molar-refractivity contribution in [1.82, 2.24) is 14.9 Å². The highest BCUT2D eigenvalue weighted by Crippen LogP contribution is 2.24. The zero-order valence-electron chi connectivity index (χ0n) is 12.6. The van der Waals surface area contributed by atoms with Gasteiger partial charge in [0.2, 0.25) is 0 Å². The van der Waals surface area contributed by atoms with Crippen LogP contribution in [0, 0.1) is 0 Å². The average molecular weight is 279 g/mol. The molecule has 0 amide bonds. The summed E-state index contributed by atoms with van der Waals surface area (Å²) in [5.74, 6) is 2.37. The van der Waals surface area contributed by atoms with Gasteiger partial charge in [-0.3, -0.25) is 0 Å². The third kappa shape index (κ3) is 4.61. The van der Waals surface area contributed by atoms with Gasteiger partial charge in [0, 0.05) is 38.9 Å². The number of rotatable bonds is 9. The Morgan fingerprint density at radius 2 is 2.10 bits per heavy atom. The highest BCUT2D eigenvalue weighted by molar-refractivity contribution is 5.47. The lowest BCUT2D eigenvalue weighted by atomic mass is 10.4. The number of likely N-dealkylation sites (N-methyl/N-ethyl adjacent to an activating group) is 1. The predicted octanol–water partition coefficient (Wildman–Crippen LogP) is 1.56. The van der Waals surface area contributed by atoms with E-state index in [-0.39, 0.29) is 0 Å². The maximum Gasteiger partial charge on any atom is 0.158 e. The second-order valence-corrected chi connectivity index (χ2v) is 5.08. The summed E-state index contributed by atoms with van der Waals surface area (Å²) in [5, 5.41) is 6.42. The molecule has 0 aromatic carbocycles. The van der Waals surface area contributed by atoms with Crippen molar-refractivity contribution < 1.29 is 4.74 Å². The van der Waals surface area contributed by atoms with Crippen molar-refractivity contribution in [3.63, 3.8) is 0 Å². The Labute approximate surface area is 120 Å². The van der Waals surface area contributed by atoms with E-state index in [1.807, 2.05) is 20.0 Å². The Morgan fingerprint density at radius 3 is 2.75 bits per heavy atom. The Balaban J connectivity index is 1.87. The van der Waals surface area contributed by atoms with Crippen molar-refractivity contribution >= 4 is 11.6 Å². The second kappa shape index (κ2) is 7.40. The molecule has 0 saturated heterocycles. The van der Waals surface area contributed by atoms with E-state index in [9.17, 15) is 0 Å². The van der Waals surface area contributed by atoms with Crippen LogP contribution in [0.1, 0.15) is 25.6 Å². The molecule has 1 aromatic heterocycles. The molecule has 1 aromatic rings. The van der Waals surface area contributed by atoms with E-state index in [0.717, 1.165) is 30.8 Å². The van der Waals surface area contributed by atoms with Crippen LogP contribution in [0.25, 0.3) is 0 Å². The summed E-state index contributed by atoms with van der Waals surface area (Å²) in [5.41, 5.74) is 0. The van der Waals surface area contributed by atoms with E-state index in [4.69, 9.17) is 4.74 Å². The molecule has 2 N–H and O–H groups in total. The molecule has 1 aliphatic carbocycles. The first-order valence-corrected chi connectivity index (χ1v) is 7.30. The van der Waals surface area contributed by atoms with Crippen LogP contribution in [0.3, 0.4) is 0 Å². The molecule has 1 saturated carbocycles. The third-order valence-electron chi connectivity index (χ3n) is 3.40. The fraction of sp³-hybridized carbons (Fsp3) is 0.714. The smallest absolute Gasteiger partial charge is 0.158 e. The summed E-state index contributed by atoms with van der Waals surface area (Å²) in [6, 6.07) is 2.72. The Bertz CT molecular complexity index is 422. The van der Waals surface area contributed by atoms with Gasteiger partial charge in [-0.05, 0) is 26.8 Å². The fourth-order valence-electron chi connectivity index (χ4n) is 2.03. The van der Waals surface area contributed by atoms with E-state index in [1.165, 1.54) is 12.8 Å². The van der Waals surface area contributed by atoms with Gasteiger partial charge < -0.3 is 20.3 Å². The lowest BCUT2D eigenvalue weighted by Crippen LogP contribution is -2.27. The molecule has 1 aliphatic rings. The summed E-state index contributed by atoms with van der Waals surface area (Å²) in [6.07, 6.45) is 2.68. The van der Waals surface area contributed by atoms with E-state index >= 15 is 0 Å².